The molecule has 5 heteroatoms. The molecule has 0 spiro atoms. The molecule has 5 nitrogen and oxygen atoms in total. The van der Waals surface area contributed by atoms with E-state index >= 15 is 0 Å². The van der Waals surface area contributed by atoms with E-state index in [2.05, 4.69) is 0 Å². The first-order valence-electron chi connectivity index (χ1n) is 7.28. The molecular weight excluding hydrogens is 270 g/mol. The van der Waals surface area contributed by atoms with Gasteiger partial charge in [-0.3, -0.25) is 9.59 Å². The van der Waals surface area contributed by atoms with E-state index in [0.717, 1.165) is 5.75 Å². The predicted octanol–water partition coefficient (Wildman–Crippen LogP) is 2.27. The number of carboxylic acid groups (broad SMARTS) is 1. The average Bonchev–Trinajstić information content (AvgIpc) is 2.47. The van der Waals surface area contributed by atoms with E-state index < -0.39 is 5.97 Å². The molecule has 0 saturated carbocycles. The van der Waals surface area contributed by atoms with Crippen LogP contribution in [-0.4, -0.2) is 41.6 Å². The molecule has 21 heavy (non-hydrogen) atoms. The van der Waals surface area contributed by atoms with Crippen molar-refractivity contribution in [2.75, 3.05) is 19.7 Å². The molecule has 1 fully saturated rings. The predicted molar refractivity (Wildman–Crippen MR) is 78.4 cm³/mol. The van der Waals surface area contributed by atoms with Gasteiger partial charge in [0.05, 0.1) is 12.5 Å². The van der Waals surface area contributed by atoms with Crippen LogP contribution in [0.15, 0.2) is 24.3 Å². The van der Waals surface area contributed by atoms with E-state index in [1.165, 1.54) is 0 Å². The van der Waals surface area contributed by atoms with Crippen LogP contribution in [0.5, 0.6) is 5.75 Å². The fourth-order valence-corrected chi connectivity index (χ4v) is 2.74. The lowest BCUT2D eigenvalue weighted by Gasteiger charge is -2.35. The zero-order valence-corrected chi connectivity index (χ0v) is 12.4. The average molecular weight is 291 g/mol. The number of benzene rings is 1. The quantitative estimate of drug-likeness (QED) is 0.924. The van der Waals surface area contributed by atoms with Gasteiger partial charge in [0.2, 0.25) is 0 Å². The summed E-state index contributed by atoms with van der Waals surface area (Å²) in [5.74, 6) is -0.450. The zero-order valence-electron chi connectivity index (χ0n) is 12.4. The van der Waals surface area contributed by atoms with Gasteiger partial charge in [0, 0.05) is 18.7 Å². The molecule has 114 valence electrons. The Morgan fingerprint density at radius 1 is 1.33 bits per heavy atom. The smallest absolute Gasteiger partial charge is 0.306 e. The Kier molecular flexibility index (Phi) is 4.83. The first kappa shape index (κ1) is 15.4. The third-order valence-electron chi connectivity index (χ3n) is 3.92. The summed E-state index contributed by atoms with van der Waals surface area (Å²) in [6.45, 7) is 5.37. The first-order valence-corrected chi connectivity index (χ1v) is 7.28. The van der Waals surface area contributed by atoms with Crippen LogP contribution >= 0.6 is 0 Å². The summed E-state index contributed by atoms with van der Waals surface area (Å²) < 4.78 is 5.35. The highest BCUT2D eigenvalue weighted by Crippen LogP contribution is 2.25. The Morgan fingerprint density at radius 2 is 2.00 bits per heavy atom. The molecular formula is C16H21NO4. The summed E-state index contributed by atoms with van der Waals surface area (Å²) in [4.78, 5) is 25.3. The number of nitrogens with zero attached hydrogens (tertiary/aromatic N) is 1. The van der Waals surface area contributed by atoms with E-state index in [1.54, 1.807) is 29.2 Å². The number of hydrogen-bond donors (Lipinski definition) is 1. The van der Waals surface area contributed by atoms with Crippen LogP contribution in [0.4, 0.5) is 0 Å². The minimum Gasteiger partial charge on any atom is -0.494 e. The monoisotopic (exact) mass is 291 g/mol. The van der Waals surface area contributed by atoms with Gasteiger partial charge in [-0.05, 0) is 43.5 Å². The van der Waals surface area contributed by atoms with Crippen LogP contribution in [0.25, 0.3) is 0 Å². The number of carbonyl (C=O) groups excluding carboxylic acids is 1. The minimum absolute atomic E-state index is 0.0251. The number of carbonyl (C=O) groups is 2. The second-order valence-electron chi connectivity index (χ2n) is 5.42. The maximum atomic E-state index is 12.4. The molecule has 2 unspecified atom stereocenters. The molecule has 0 aliphatic carbocycles. The Morgan fingerprint density at radius 3 is 2.52 bits per heavy atom. The molecule has 1 aliphatic rings. The van der Waals surface area contributed by atoms with Gasteiger partial charge in [-0.1, -0.05) is 6.92 Å². The van der Waals surface area contributed by atoms with E-state index in [9.17, 15) is 9.59 Å². The van der Waals surface area contributed by atoms with Crippen LogP contribution in [0.2, 0.25) is 0 Å². The second kappa shape index (κ2) is 6.61. The van der Waals surface area contributed by atoms with Gasteiger partial charge in [-0.15, -0.1) is 0 Å². The second-order valence-corrected chi connectivity index (χ2v) is 5.42. The molecule has 1 N–H and O–H groups in total. The maximum Gasteiger partial charge on any atom is 0.306 e. The number of hydrogen-bond acceptors (Lipinski definition) is 3. The van der Waals surface area contributed by atoms with Gasteiger partial charge in [0.15, 0.2) is 0 Å². The van der Waals surface area contributed by atoms with Gasteiger partial charge in [0.25, 0.3) is 5.91 Å². The Bertz CT molecular complexity index is 512. The summed E-state index contributed by atoms with van der Waals surface area (Å²) in [6, 6.07) is 7.07. The third kappa shape index (κ3) is 3.54. The van der Waals surface area contributed by atoms with Crippen molar-refractivity contribution in [1.29, 1.82) is 0 Å². The number of piperidine rings is 1. The minimum atomic E-state index is -0.768. The van der Waals surface area contributed by atoms with Crippen LogP contribution in [-0.2, 0) is 4.79 Å². The van der Waals surface area contributed by atoms with E-state index in [0.29, 0.717) is 31.7 Å². The molecule has 1 aromatic carbocycles. The van der Waals surface area contributed by atoms with Gasteiger partial charge >= 0.3 is 5.97 Å². The van der Waals surface area contributed by atoms with Crippen molar-refractivity contribution < 1.29 is 19.4 Å². The number of carboxylic acids is 1. The van der Waals surface area contributed by atoms with Crippen molar-refractivity contribution in [2.24, 2.45) is 11.8 Å². The molecule has 0 bridgehead atoms. The first-order chi connectivity index (χ1) is 10.0. The van der Waals surface area contributed by atoms with E-state index in [-0.39, 0.29) is 17.7 Å². The third-order valence-corrected chi connectivity index (χ3v) is 3.92. The van der Waals surface area contributed by atoms with Crippen LogP contribution in [0.3, 0.4) is 0 Å². The number of ether oxygens (including phenoxy) is 1. The molecule has 2 rings (SSSR count). The maximum absolute atomic E-state index is 12.4. The molecule has 1 amide bonds. The van der Waals surface area contributed by atoms with Gasteiger partial charge < -0.3 is 14.7 Å². The fourth-order valence-electron chi connectivity index (χ4n) is 2.74. The Balaban J connectivity index is 2.02. The molecule has 1 heterocycles. The summed E-state index contributed by atoms with van der Waals surface area (Å²) >= 11 is 0. The molecule has 0 radical (unpaired) electrons. The molecule has 0 aromatic heterocycles. The summed E-state index contributed by atoms with van der Waals surface area (Å²) in [5.41, 5.74) is 0.611. The lowest BCUT2D eigenvalue weighted by molar-refractivity contribution is -0.145. The van der Waals surface area contributed by atoms with Crippen molar-refractivity contribution in [3.63, 3.8) is 0 Å². The Hall–Kier alpha value is -2.04. The Labute approximate surface area is 124 Å². The van der Waals surface area contributed by atoms with Crippen molar-refractivity contribution in [1.82, 2.24) is 4.90 Å². The lowest BCUT2D eigenvalue weighted by atomic mass is 9.87. The summed E-state index contributed by atoms with van der Waals surface area (Å²) in [6.07, 6.45) is 0.513. The van der Waals surface area contributed by atoms with Crippen LogP contribution in [0, 0.1) is 11.8 Å². The zero-order chi connectivity index (χ0) is 15.4. The van der Waals surface area contributed by atoms with Crippen LogP contribution < -0.4 is 4.74 Å². The van der Waals surface area contributed by atoms with Crippen molar-refractivity contribution in [2.45, 2.75) is 20.3 Å². The van der Waals surface area contributed by atoms with E-state index in [4.69, 9.17) is 9.84 Å². The highest BCUT2D eigenvalue weighted by atomic mass is 16.5. The fraction of sp³-hybridized carbons (Fsp3) is 0.500. The molecule has 1 aliphatic heterocycles. The number of rotatable bonds is 4. The van der Waals surface area contributed by atoms with Crippen molar-refractivity contribution in [3.05, 3.63) is 29.8 Å². The van der Waals surface area contributed by atoms with Gasteiger partial charge in [-0.25, -0.2) is 0 Å². The van der Waals surface area contributed by atoms with Crippen molar-refractivity contribution in [3.8, 4) is 5.75 Å². The number of aliphatic carboxylic acids is 1. The summed E-state index contributed by atoms with van der Waals surface area (Å²) in [7, 11) is 0. The normalized spacial score (nSPS) is 21.9. The molecule has 1 saturated heterocycles. The molecule has 2 atom stereocenters. The van der Waals surface area contributed by atoms with Crippen LogP contribution in [0.1, 0.15) is 30.6 Å². The highest BCUT2D eigenvalue weighted by Gasteiger charge is 2.33. The topological polar surface area (TPSA) is 66.8 Å². The van der Waals surface area contributed by atoms with E-state index in [1.807, 2.05) is 13.8 Å². The van der Waals surface area contributed by atoms with Gasteiger partial charge in [0.1, 0.15) is 5.75 Å². The largest absolute Gasteiger partial charge is 0.494 e. The standard InChI is InChI=1S/C16H21NO4/c1-3-21-13-6-4-12(5-7-13)15(18)17-9-8-14(16(19)20)11(2)10-17/h4-7,11,14H,3,8-10H2,1-2H3,(H,19,20). The SMILES string of the molecule is CCOc1ccc(C(=O)N2CCC(C(=O)O)C(C)C2)cc1. The summed E-state index contributed by atoms with van der Waals surface area (Å²) in [5, 5.41) is 9.11. The molecule has 1 aromatic rings. The van der Waals surface area contributed by atoms with Crippen molar-refractivity contribution >= 4 is 11.9 Å². The van der Waals surface area contributed by atoms with Gasteiger partial charge in [-0.2, -0.15) is 0 Å². The number of likely N-dealkylation sites (tertiary alicyclic amines) is 1. The lowest BCUT2D eigenvalue weighted by Crippen LogP contribution is -2.44. The highest BCUT2D eigenvalue weighted by molar-refractivity contribution is 5.94. The number of amides is 1.